The fourth-order valence-corrected chi connectivity index (χ4v) is 5.19. The molecule has 2 aliphatic heterocycles. The summed E-state index contributed by atoms with van der Waals surface area (Å²) in [6.07, 6.45) is 3.50. The van der Waals surface area contributed by atoms with Gasteiger partial charge in [0.1, 0.15) is 28.4 Å². The van der Waals surface area contributed by atoms with Crippen molar-refractivity contribution < 1.29 is 18.7 Å². The molecule has 2 aliphatic rings. The number of likely N-dealkylation sites (N-methyl/N-ethyl adjacent to an activating group) is 1. The number of aromatic nitrogens is 2. The Kier molecular flexibility index (Phi) is 8.39. The minimum absolute atomic E-state index is 0.0531. The van der Waals surface area contributed by atoms with Gasteiger partial charge >= 0.3 is 0 Å². The fourth-order valence-electron chi connectivity index (χ4n) is 4.51. The Morgan fingerprint density at radius 1 is 1.11 bits per heavy atom. The summed E-state index contributed by atoms with van der Waals surface area (Å²) in [5, 5.41) is 7.02. The molecule has 38 heavy (non-hydrogen) atoms. The monoisotopic (exact) mass is 557 g/mol. The van der Waals surface area contributed by atoms with Crippen molar-refractivity contribution >= 4 is 42.9 Å². The van der Waals surface area contributed by atoms with E-state index < -0.39 is 8.15 Å². The van der Waals surface area contributed by atoms with Crippen LogP contribution in [0.1, 0.15) is 17.5 Å². The highest BCUT2D eigenvalue weighted by molar-refractivity contribution is 7.51. The molecular weight excluding hydrogens is 525 g/mol. The van der Waals surface area contributed by atoms with Crippen LogP contribution >= 0.6 is 19.7 Å². The van der Waals surface area contributed by atoms with Crippen LogP contribution in [0.4, 0.5) is 23.1 Å². The molecular formula is C27H33ClN5O4P. The number of nitrogens with one attached hydrogen (secondary N) is 2. The summed E-state index contributed by atoms with van der Waals surface area (Å²) in [4.78, 5) is 11.4. The van der Waals surface area contributed by atoms with Gasteiger partial charge in [0, 0.05) is 25.6 Å². The maximum atomic E-state index is 6.50. The minimum Gasteiger partial charge on any atom is -0.495 e. The molecule has 0 radical (unpaired) electrons. The van der Waals surface area contributed by atoms with E-state index in [1.54, 1.807) is 13.3 Å². The van der Waals surface area contributed by atoms with Gasteiger partial charge in [0.15, 0.2) is 5.82 Å². The van der Waals surface area contributed by atoms with Crippen molar-refractivity contribution in [1.82, 2.24) is 14.9 Å². The number of hydrogen-bond donors (Lipinski definition) is 2. The van der Waals surface area contributed by atoms with Gasteiger partial charge in [0.05, 0.1) is 46.0 Å². The van der Waals surface area contributed by atoms with Crippen LogP contribution in [0.15, 0.2) is 36.5 Å². The first-order valence-corrected chi connectivity index (χ1v) is 15.1. The Morgan fingerprint density at radius 2 is 1.97 bits per heavy atom. The van der Waals surface area contributed by atoms with Crippen LogP contribution in [0, 0.1) is 0 Å². The van der Waals surface area contributed by atoms with Crippen molar-refractivity contribution in [3.63, 3.8) is 0 Å². The summed E-state index contributed by atoms with van der Waals surface area (Å²) in [5.74, 6) is 3.01. The number of hydrogen-bond acceptors (Lipinski definition) is 9. The molecule has 1 atom stereocenters. The summed E-state index contributed by atoms with van der Waals surface area (Å²) in [6.45, 7) is 7.32. The van der Waals surface area contributed by atoms with Gasteiger partial charge < -0.3 is 34.3 Å². The average Bonchev–Trinajstić information content (AvgIpc) is 3.40. The van der Waals surface area contributed by atoms with Gasteiger partial charge in [0.2, 0.25) is 5.95 Å². The van der Waals surface area contributed by atoms with Crippen molar-refractivity contribution in [1.29, 1.82) is 0 Å². The zero-order chi connectivity index (χ0) is 26.6. The highest BCUT2D eigenvalue weighted by atomic mass is 35.5. The van der Waals surface area contributed by atoms with Gasteiger partial charge in [0.25, 0.3) is 0 Å². The number of benzene rings is 2. The van der Waals surface area contributed by atoms with Gasteiger partial charge in [-0.25, -0.2) is 4.98 Å². The average molecular weight is 558 g/mol. The van der Waals surface area contributed by atoms with E-state index in [1.165, 1.54) is 11.1 Å². The van der Waals surface area contributed by atoms with Gasteiger partial charge in [-0.3, -0.25) is 0 Å². The predicted octanol–water partition coefficient (Wildman–Crippen LogP) is 5.82. The quantitative estimate of drug-likeness (QED) is 0.316. The third kappa shape index (κ3) is 6.41. The molecule has 0 unspecified atom stereocenters. The van der Waals surface area contributed by atoms with E-state index in [4.69, 9.17) is 30.3 Å². The van der Waals surface area contributed by atoms with Crippen molar-refractivity contribution in [2.75, 3.05) is 57.9 Å². The van der Waals surface area contributed by atoms with Crippen molar-refractivity contribution in [2.24, 2.45) is 0 Å². The van der Waals surface area contributed by atoms with E-state index in [-0.39, 0.29) is 6.10 Å². The predicted molar refractivity (Wildman–Crippen MR) is 152 cm³/mol. The van der Waals surface area contributed by atoms with E-state index in [9.17, 15) is 0 Å². The fraction of sp³-hybridized carbons (Fsp3) is 0.407. The topological polar surface area (TPSA) is 90.0 Å². The molecule has 0 saturated carbocycles. The van der Waals surface area contributed by atoms with Crippen LogP contribution in [-0.2, 0) is 17.7 Å². The molecule has 1 saturated heterocycles. The maximum absolute atomic E-state index is 6.50. The lowest BCUT2D eigenvalue weighted by molar-refractivity contribution is 0.141. The Hall–Kier alpha value is -2.84. The first-order valence-electron chi connectivity index (χ1n) is 12.6. The van der Waals surface area contributed by atoms with Gasteiger partial charge in [-0.2, -0.15) is 4.98 Å². The van der Waals surface area contributed by atoms with Crippen LogP contribution in [0.3, 0.4) is 0 Å². The molecule has 2 N–H and O–H groups in total. The highest BCUT2D eigenvalue weighted by Crippen LogP contribution is 2.40. The van der Waals surface area contributed by atoms with Crippen LogP contribution in [0.2, 0.25) is 5.02 Å². The Bertz CT molecular complexity index is 1290. The Balaban J connectivity index is 1.39. The van der Waals surface area contributed by atoms with E-state index in [2.05, 4.69) is 44.7 Å². The number of halogens is 1. The molecule has 202 valence electrons. The summed E-state index contributed by atoms with van der Waals surface area (Å²) < 4.78 is 23.3. The second-order valence-corrected chi connectivity index (χ2v) is 11.8. The Labute approximate surface area is 229 Å². The second kappa shape index (κ2) is 11.9. The number of ether oxygens (including phenoxy) is 3. The molecule has 11 heteroatoms. The first-order chi connectivity index (χ1) is 18.4. The summed E-state index contributed by atoms with van der Waals surface area (Å²) in [6, 6.07) is 9.92. The molecule has 0 aliphatic carbocycles. The number of anilines is 4. The SMILES string of the molecule is COc1cc2c(cc1Nc1ncc(Cl)c(Nc3ccc(O[C@H]4CCOC4)cc3OP(C)C)n1)CN(C)CC2. The normalized spacial score (nSPS) is 17.3. The number of rotatable bonds is 9. The molecule has 3 aromatic rings. The summed E-state index contributed by atoms with van der Waals surface area (Å²) in [5.41, 5.74) is 4.10. The lowest BCUT2D eigenvalue weighted by Gasteiger charge is -2.26. The standard InChI is InChI=1S/C27H33ClN5O4P/c1-33-9-7-17-12-24(34-2)23(11-18(17)15-33)31-27-29-14-21(28)26(32-27)30-22-6-5-19(13-25(22)37-38(3)4)36-20-8-10-35-16-20/h5-6,11-14,20H,7-10,15-16H2,1-4H3,(H2,29,30,31,32)/t20-/m0/s1. The number of nitrogens with zero attached hydrogens (tertiary/aromatic N) is 3. The molecule has 3 heterocycles. The van der Waals surface area contributed by atoms with Crippen LogP contribution in [0.25, 0.3) is 0 Å². The molecule has 0 amide bonds. The smallest absolute Gasteiger partial charge is 0.229 e. The van der Waals surface area contributed by atoms with Gasteiger partial charge in [-0.1, -0.05) is 11.6 Å². The van der Waals surface area contributed by atoms with E-state index in [1.807, 2.05) is 31.5 Å². The third-order valence-corrected chi connectivity index (χ3v) is 7.23. The second-order valence-electron chi connectivity index (χ2n) is 9.61. The van der Waals surface area contributed by atoms with Gasteiger partial charge in [-0.15, -0.1) is 0 Å². The Morgan fingerprint density at radius 3 is 2.74 bits per heavy atom. The van der Waals surface area contributed by atoms with E-state index >= 15 is 0 Å². The highest BCUT2D eigenvalue weighted by Gasteiger charge is 2.20. The minimum atomic E-state index is -0.672. The lowest BCUT2D eigenvalue weighted by atomic mass is 9.99. The number of fused-ring (bicyclic) bond motifs is 1. The zero-order valence-electron chi connectivity index (χ0n) is 22.1. The maximum Gasteiger partial charge on any atom is 0.229 e. The van der Waals surface area contributed by atoms with Gasteiger partial charge in [-0.05, 0) is 62.2 Å². The third-order valence-electron chi connectivity index (χ3n) is 6.39. The van der Waals surface area contributed by atoms with Crippen LogP contribution in [-0.4, -0.2) is 68.2 Å². The van der Waals surface area contributed by atoms with E-state index in [0.29, 0.717) is 29.1 Å². The van der Waals surface area contributed by atoms with Crippen molar-refractivity contribution in [3.8, 4) is 17.2 Å². The summed E-state index contributed by atoms with van der Waals surface area (Å²) >= 11 is 6.50. The van der Waals surface area contributed by atoms with Crippen molar-refractivity contribution in [3.05, 3.63) is 52.7 Å². The largest absolute Gasteiger partial charge is 0.495 e. The molecule has 5 rings (SSSR count). The van der Waals surface area contributed by atoms with Crippen molar-refractivity contribution in [2.45, 2.75) is 25.5 Å². The van der Waals surface area contributed by atoms with Crippen LogP contribution < -0.4 is 24.6 Å². The molecule has 9 nitrogen and oxygen atoms in total. The van der Waals surface area contributed by atoms with E-state index in [0.717, 1.165) is 55.4 Å². The lowest BCUT2D eigenvalue weighted by Crippen LogP contribution is -2.26. The molecule has 1 fully saturated rings. The molecule has 0 bridgehead atoms. The molecule has 0 spiro atoms. The first kappa shape index (κ1) is 26.8. The number of methoxy groups -OCH3 is 1. The molecule has 2 aromatic carbocycles. The molecule has 1 aromatic heterocycles. The summed E-state index contributed by atoms with van der Waals surface area (Å²) in [7, 11) is 3.12. The zero-order valence-corrected chi connectivity index (χ0v) is 23.7. The van der Waals surface area contributed by atoms with Crippen LogP contribution in [0.5, 0.6) is 17.2 Å².